The molecule has 0 unspecified atom stereocenters. The number of allylic oxidation sites excluding steroid dienone is 3. The number of hydrogen-bond acceptors (Lipinski definition) is 3. The zero-order valence-corrected chi connectivity index (χ0v) is 10.8. The van der Waals surface area contributed by atoms with Crippen molar-refractivity contribution in [3.05, 3.63) is 23.7 Å². The minimum Gasteiger partial charge on any atom is -0.479 e. The van der Waals surface area contributed by atoms with Gasteiger partial charge in [0, 0.05) is 5.70 Å². The Morgan fingerprint density at radius 2 is 1.81 bits per heavy atom. The van der Waals surface area contributed by atoms with E-state index in [0.717, 1.165) is 12.1 Å². The number of ether oxygens (including phenoxy) is 1. The predicted octanol–water partition coefficient (Wildman–Crippen LogP) is 2.88. The van der Waals surface area contributed by atoms with Crippen LogP contribution in [0.3, 0.4) is 0 Å². The number of hydrogen-bond donors (Lipinski definition) is 2. The van der Waals surface area contributed by atoms with Crippen LogP contribution in [-0.4, -0.2) is 6.61 Å². The Labute approximate surface area is 99.5 Å². The van der Waals surface area contributed by atoms with E-state index in [2.05, 4.69) is 6.92 Å². The summed E-state index contributed by atoms with van der Waals surface area (Å²) in [5, 5.41) is 0. The van der Waals surface area contributed by atoms with E-state index < -0.39 is 0 Å². The van der Waals surface area contributed by atoms with Crippen molar-refractivity contribution in [1.29, 1.82) is 0 Å². The Morgan fingerprint density at radius 1 is 1.12 bits per heavy atom. The van der Waals surface area contributed by atoms with Crippen molar-refractivity contribution >= 4 is 0 Å². The SMILES string of the molecule is CCCCCCO/C(N)=C/C=C(\N)C(C)C. The summed E-state index contributed by atoms with van der Waals surface area (Å²) in [5.74, 6) is 0.786. The van der Waals surface area contributed by atoms with Gasteiger partial charge in [-0.3, -0.25) is 0 Å². The van der Waals surface area contributed by atoms with Gasteiger partial charge in [-0.05, 0) is 24.5 Å². The minimum atomic E-state index is 0.341. The molecule has 0 heterocycles. The van der Waals surface area contributed by atoms with Crippen molar-refractivity contribution in [1.82, 2.24) is 0 Å². The van der Waals surface area contributed by atoms with Crippen LogP contribution in [0.1, 0.15) is 46.5 Å². The highest BCUT2D eigenvalue weighted by Gasteiger charge is 1.95. The van der Waals surface area contributed by atoms with Gasteiger partial charge in [-0.25, -0.2) is 0 Å². The molecule has 3 nitrogen and oxygen atoms in total. The lowest BCUT2D eigenvalue weighted by atomic mass is 10.1. The average Bonchev–Trinajstić information content (AvgIpc) is 2.25. The first-order chi connectivity index (χ1) is 7.57. The molecule has 16 heavy (non-hydrogen) atoms. The Hall–Kier alpha value is -1.12. The number of rotatable bonds is 8. The quantitative estimate of drug-likeness (QED) is 0.380. The summed E-state index contributed by atoms with van der Waals surface area (Å²) in [4.78, 5) is 0. The largest absolute Gasteiger partial charge is 0.479 e. The van der Waals surface area contributed by atoms with Crippen LogP contribution in [0.4, 0.5) is 0 Å². The third kappa shape index (κ3) is 8.21. The van der Waals surface area contributed by atoms with Crippen molar-refractivity contribution in [3.8, 4) is 0 Å². The summed E-state index contributed by atoms with van der Waals surface area (Å²) in [6.45, 7) is 6.97. The zero-order valence-electron chi connectivity index (χ0n) is 10.8. The highest BCUT2D eigenvalue weighted by atomic mass is 16.5. The summed E-state index contributed by atoms with van der Waals surface area (Å²) in [5.41, 5.74) is 12.3. The van der Waals surface area contributed by atoms with Crippen LogP contribution < -0.4 is 11.5 Å². The Morgan fingerprint density at radius 3 is 2.38 bits per heavy atom. The molecule has 0 aliphatic carbocycles. The second-order valence-electron chi connectivity index (χ2n) is 4.30. The molecule has 0 amide bonds. The fraction of sp³-hybridized carbons (Fsp3) is 0.692. The van der Waals surface area contributed by atoms with Gasteiger partial charge in [-0.1, -0.05) is 40.0 Å². The molecule has 0 radical (unpaired) electrons. The molecule has 0 atom stereocenters. The fourth-order valence-electron chi connectivity index (χ4n) is 1.14. The van der Waals surface area contributed by atoms with Gasteiger partial charge in [0.05, 0.1) is 6.61 Å². The van der Waals surface area contributed by atoms with Crippen molar-refractivity contribution in [2.24, 2.45) is 17.4 Å². The zero-order chi connectivity index (χ0) is 12.4. The lowest BCUT2D eigenvalue weighted by Gasteiger charge is -2.06. The minimum absolute atomic E-state index is 0.341. The van der Waals surface area contributed by atoms with E-state index in [-0.39, 0.29) is 0 Å². The van der Waals surface area contributed by atoms with Crippen LogP contribution in [0, 0.1) is 5.92 Å². The lowest BCUT2D eigenvalue weighted by molar-refractivity contribution is 0.202. The molecule has 0 aliphatic heterocycles. The summed E-state index contributed by atoms with van der Waals surface area (Å²) in [6, 6.07) is 0. The molecule has 0 spiro atoms. The highest BCUT2D eigenvalue weighted by molar-refractivity contribution is 5.12. The van der Waals surface area contributed by atoms with E-state index in [1.165, 1.54) is 19.3 Å². The van der Waals surface area contributed by atoms with Crippen LogP contribution in [0.5, 0.6) is 0 Å². The predicted molar refractivity (Wildman–Crippen MR) is 69.5 cm³/mol. The topological polar surface area (TPSA) is 61.3 Å². The molecule has 94 valence electrons. The van der Waals surface area contributed by atoms with Crippen LogP contribution >= 0.6 is 0 Å². The van der Waals surface area contributed by atoms with Crippen molar-refractivity contribution in [2.45, 2.75) is 46.5 Å². The number of unbranched alkanes of at least 4 members (excludes halogenated alkanes) is 3. The first-order valence-electron chi connectivity index (χ1n) is 6.13. The van der Waals surface area contributed by atoms with Gasteiger partial charge in [-0.15, -0.1) is 0 Å². The third-order valence-corrected chi connectivity index (χ3v) is 2.37. The van der Waals surface area contributed by atoms with Gasteiger partial charge in [0.2, 0.25) is 0 Å². The summed E-state index contributed by atoms with van der Waals surface area (Å²) in [7, 11) is 0. The molecular formula is C13H26N2O. The van der Waals surface area contributed by atoms with E-state index >= 15 is 0 Å². The van der Waals surface area contributed by atoms with Gasteiger partial charge >= 0.3 is 0 Å². The van der Waals surface area contributed by atoms with Crippen LogP contribution in [0.2, 0.25) is 0 Å². The molecule has 0 saturated heterocycles. The van der Waals surface area contributed by atoms with E-state index in [0.29, 0.717) is 18.4 Å². The van der Waals surface area contributed by atoms with Crippen LogP contribution in [0.15, 0.2) is 23.7 Å². The lowest BCUT2D eigenvalue weighted by Crippen LogP contribution is -2.06. The molecule has 0 saturated carbocycles. The molecule has 3 heteroatoms. The van der Waals surface area contributed by atoms with Crippen LogP contribution in [-0.2, 0) is 4.74 Å². The average molecular weight is 226 g/mol. The summed E-state index contributed by atoms with van der Waals surface area (Å²) >= 11 is 0. The van der Waals surface area contributed by atoms with Gasteiger partial charge in [0.15, 0.2) is 5.88 Å². The van der Waals surface area contributed by atoms with E-state index in [1.54, 1.807) is 6.08 Å². The molecule has 0 aromatic rings. The molecule has 0 aromatic heterocycles. The van der Waals surface area contributed by atoms with Crippen molar-refractivity contribution < 1.29 is 4.74 Å². The molecule has 0 rings (SSSR count). The van der Waals surface area contributed by atoms with Gasteiger partial charge in [-0.2, -0.15) is 0 Å². The maximum absolute atomic E-state index is 5.76. The molecule has 4 N–H and O–H groups in total. The smallest absolute Gasteiger partial charge is 0.183 e. The molecule has 0 fully saturated rings. The summed E-state index contributed by atoms with van der Waals surface area (Å²) in [6.07, 6.45) is 8.30. The first-order valence-corrected chi connectivity index (χ1v) is 6.13. The third-order valence-electron chi connectivity index (χ3n) is 2.37. The Kier molecular flexibility index (Phi) is 8.49. The van der Waals surface area contributed by atoms with E-state index in [9.17, 15) is 0 Å². The number of nitrogens with two attached hydrogens (primary N) is 2. The van der Waals surface area contributed by atoms with E-state index in [4.69, 9.17) is 16.2 Å². The van der Waals surface area contributed by atoms with E-state index in [1.807, 2.05) is 19.9 Å². The van der Waals surface area contributed by atoms with Crippen molar-refractivity contribution in [3.63, 3.8) is 0 Å². The molecule has 0 aromatic carbocycles. The second-order valence-corrected chi connectivity index (χ2v) is 4.30. The maximum Gasteiger partial charge on any atom is 0.183 e. The first kappa shape index (κ1) is 14.9. The molecular weight excluding hydrogens is 200 g/mol. The molecule has 0 bridgehead atoms. The summed E-state index contributed by atoms with van der Waals surface area (Å²) < 4.78 is 5.36. The molecule has 0 aliphatic rings. The van der Waals surface area contributed by atoms with Gasteiger partial charge < -0.3 is 16.2 Å². The second kappa shape index (κ2) is 9.13. The highest BCUT2D eigenvalue weighted by Crippen LogP contribution is 2.04. The Bertz CT molecular complexity index is 232. The van der Waals surface area contributed by atoms with Crippen molar-refractivity contribution in [2.75, 3.05) is 6.61 Å². The standard InChI is InChI=1S/C13H26N2O/c1-4-5-6-7-10-16-13(15)9-8-12(14)11(2)3/h8-9,11H,4-7,10,14-15H2,1-3H3/b12-8-,13-9+. The fourth-order valence-corrected chi connectivity index (χ4v) is 1.14. The monoisotopic (exact) mass is 226 g/mol. The van der Waals surface area contributed by atoms with Crippen LogP contribution in [0.25, 0.3) is 0 Å². The van der Waals surface area contributed by atoms with Gasteiger partial charge in [0.25, 0.3) is 0 Å². The maximum atomic E-state index is 5.76. The normalized spacial score (nSPS) is 13.2. The Balaban J connectivity index is 3.75. The van der Waals surface area contributed by atoms with Gasteiger partial charge in [0.1, 0.15) is 0 Å².